The number of hydrogen-bond donors (Lipinski definition) is 2. The van der Waals surface area contributed by atoms with Gasteiger partial charge in [0, 0.05) is 0 Å². The Bertz CT molecular complexity index is 509. The van der Waals surface area contributed by atoms with Crippen molar-refractivity contribution in [3.05, 3.63) is 41.2 Å². The molecule has 4 nitrogen and oxygen atoms in total. The van der Waals surface area contributed by atoms with E-state index in [1.165, 1.54) is 23.5 Å². The van der Waals surface area contributed by atoms with Gasteiger partial charge >= 0.3 is 5.91 Å². The van der Waals surface area contributed by atoms with Crippen molar-refractivity contribution in [2.45, 2.75) is 0 Å². The number of carbonyl (C=O) groups is 1. The lowest BCUT2D eigenvalue weighted by Gasteiger charge is -1.91. The van der Waals surface area contributed by atoms with Crippen LogP contribution in [0.3, 0.4) is 0 Å². The molecule has 0 aliphatic heterocycles. The molecule has 6 heteroatoms. The molecule has 4 N–H and O–H groups in total. The Labute approximate surface area is 94.9 Å². The van der Waals surface area contributed by atoms with E-state index >= 15 is 0 Å². The molecular formula is C10H9FN3OS+. The molecule has 0 bridgehead atoms. The summed E-state index contributed by atoms with van der Waals surface area (Å²) < 4.78 is 12.7. The fourth-order valence-corrected chi connectivity index (χ4v) is 2.07. The lowest BCUT2D eigenvalue weighted by molar-refractivity contribution is -0.362. The van der Waals surface area contributed by atoms with Crippen molar-refractivity contribution in [3.8, 4) is 10.6 Å². The molecule has 2 rings (SSSR count). The minimum Gasteiger partial charge on any atom is -0.285 e. The number of thiazole rings is 1. The average molecular weight is 238 g/mol. The van der Waals surface area contributed by atoms with Crippen LogP contribution in [0.15, 0.2) is 29.6 Å². The number of hydrogen-bond acceptors (Lipinski definition) is 3. The van der Waals surface area contributed by atoms with Crippen LogP contribution in [-0.4, -0.2) is 5.91 Å². The predicted octanol–water partition coefficient (Wildman–Crippen LogP) is 0.972. The number of benzene rings is 1. The highest BCUT2D eigenvalue weighted by Crippen LogP contribution is 2.20. The van der Waals surface area contributed by atoms with Crippen LogP contribution in [0.1, 0.15) is 10.5 Å². The summed E-state index contributed by atoms with van der Waals surface area (Å²) in [4.78, 5) is 14.1. The van der Waals surface area contributed by atoms with Crippen LogP contribution < -0.4 is 16.3 Å². The Hall–Kier alpha value is -1.79. The quantitative estimate of drug-likeness (QED) is 0.465. The molecular weight excluding hydrogens is 229 g/mol. The van der Waals surface area contributed by atoms with Gasteiger partial charge in [-0.15, -0.1) is 0 Å². The summed E-state index contributed by atoms with van der Waals surface area (Å²) in [5.41, 5.74) is 3.23. The Balaban J connectivity index is 2.31. The number of rotatable bonds is 2. The summed E-state index contributed by atoms with van der Waals surface area (Å²) in [5.74, 6) is 4.33. The molecule has 1 aromatic carbocycles. The third-order valence-corrected chi connectivity index (χ3v) is 2.95. The molecule has 1 heterocycles. The Morgan fingerprint density at radius 2 is 2.06 bits per heavy atom. The zero-order chi connectivity index (χ0) is 11.5. The number of nitrogens with one attached hydrogen (secondary N) is 2. The van der Waals surface area contributed by atoms with Crippen molar-refractivity contribution in [2.75, 3.05) is 0 Å². The lowest BCUT2D eigenvalue weighted by atomic mass is 10.2. The summed E-state index contributed by atoms with van der Waals surface area (Å²) in [5, 5.41) is 2.43. The average Bonchev–Trinajstić information content (AvgIpc) is 2.78. The zero-order valence-electron chi connectivity index (χ0n) is 8.16. The van der Waals surface area contributed by atoms with Gasteiger partial charge in [0.25, 0.3) is 10.7 Å². The molecule has 0 unspecified atom stereocenters. The molecule has 0 fully saturated rings. The maximum Gasteiger partial charge on any atom is 0.330 e. The van der Waals surface area contributed by atoms with Gasteiger partial charge < -0.3 is 0 Å². The number of nitrogen functional groups attached to an aromatic ring is 1. The fourth-order valence-electron chi connectivity index (χ4n) is 1.23. The van der Waals surface area contributed by atoms with Crippen molar-refractivity contribution in [1.82, 2.24) is 5.43 Å². The highest BCUT2D eigenvalue weighted by atomic mass is 32.1. The Kier molecular flexibility index (Phi) is 2.93. The summed E-state index contributed by atoms with van der Waals surface area (Å²) >= 11 is 1.36. The van der Waals surface area contributed by atoms with Gasteiger partial charge in [0.15, 0.2) is 0 Å². The van der Waals surface area contributed by atoms with Crippen LogP contribution in [0.2, 0.25) is 0 Å². The first-order valence-electron chi connectivity index (χ1n) is 4.48. The van der Waals surface area contributed by atoms with E-state index in [4.69, 9.17) is 5.84 Å². The monoisotopic (exact) mass is 238 g/mol. The van der Waals surface area contributed by atoms with Crippen LogP contribution in [0.4, 0.5) is 4.39 Å². The second-order valence-corrected chi connectivity index (χ2v) is 3.96. The number of aromatic amines is 1. The zero-order valence-corrected chi connectivity index (χ0v) is 8.98. The number of halogens is 1. The Morgan fingerprint density at radius 1 is 1.38 bits per heavy atom. The lowest BCUT2D eigenvalue weighted by Crippen LogP contribution is -2.33. The second-order valence-electron chi connectivity index (χ2n) is 3.08. The van der Waals surface area contributed by atoms with Crippen molar-refractivity contribution in [2.24, 2.45) is 5.84 Å². The normalized spacial score (nSPS) is 10.1. The summed E-state index contributed by atoms with van der Waals surface area (Å²) in [7, 11) is 0. The first kappa shape index (κ1) is 10.7. The summed E-state index contributed by atoms with van der Waals surface area (Å²) in [6.45, 7) is 0. The van der Waals surface area contributed by atoms with Crippen molar-refractivity contribution in [3.63, 3.8) is 0 Å². The van der Waals surface area contributed by atoms with E-state index in [0.29, 0.717) is 5.69 Å². The fraction of sp³-hybridized carbons (Fsp3) is 0. The summed E-state index contributed by atoms with van der Waals surface area (Å²) in [6.07, 6.45) is 0. The number of carbonyl (C=O) groups excluding carboxylic acids is 1. The van der Waals surface area contributed by atoms with E-state index in [1.54, 1.807) is 17.5 Å². The molecule has 0 saturated carbocycles. The van der Waals surface area contributed by atoms with Crippen molar-refractivity contribution >= 4 is 17.2 Å². The minimum atomic E-state index is -0.385. The molecule has 0 atom stereocenters. The highest BCUT2D eigenvalue weighted by Gasteiger charge is 2.17. The minimum absolute atomic E-state index is 0.291. The van der Waals surface area contributed by atoms with E-state index in [-0.39, 0.29) is 11.7 Å². The van der Waals surface area contributed by atoms with Gasteiger partial charge in [-0.1, -0.05) is 11.3 Å². The number of H-pyrrole nitrogens is 1. The van der Waals surface area contributed by atoms with Crippen LogP contribution in [0, 0.1) is 5.82 Å². The molecule has 2 aromatic rings. The SMILES string of the molecule is NNC(=O)c1csc(-c2ccc(F)cc2)[nH+]1. The largest absolute Gasteiger partial charge is 0.330 e. The first-order valence-corrected chi connectivity index (χ1v) is 5.36. The Morgan fingerprint density at radius 3 is 2.69 bits per heavy atom. The molecule has 0 aliphatic carbocycles. The van der Waals surface area contributed by atoms with E-state index in [1.807, 2.05) is 5.43 Å². The number of aromatic nitrogens is 1. The smallest absolute Gasteiger partial charge is 0.285 e. The molecule has 0 spiro atoms. The number of nitrogens with two attached hydrogens (primary N) is 1. The van der Waals surface area contributed by atoms with Crippen molar-refractivity contribution in [1.29, 1.82) is 0 Å². The van der Waals surface area contributed by atoms with E-state index in [9.17, 15) is 9.18 Å². The standard InChI is InChI=1S/C10H8FN3OS/c11-7-3-1-6(2-4-7)10-13-8(5-16-10)9(15)14-12/h1-5H,12H2,(H,14,15)/p+1. The molecule has 1 amide bonds. The predicted molar refractivity (Wildman–Crippen MR) is 57.9 cm³/mol. The highest BCUT2D eigenvalue weighted by molar-refractivity contribution is 7.12. The molecule has 0 radical (unpaired) electrons. The molecule has 1 aromatic heterocycles. The van der Waals surface area contributed by atoms with Crippen LogP contribution in [0.5, 0.6) is 0 Å². The van der Waals surface area contributed by atoms with Gasteiger partial charge in [0.1, 0.15) is 5.82 Å². The van der Waals surface area contributed by atoms with Crippen LogP contribution >= 0.6 is 11.3 Å². The van der Waals surface area contributed by atoms with Gasteiger partial charge in [0.2, 0.25) is 0 Å². The molecule has 0 saturated heterocycles. The van der Waals surface area contributed by atoms with Crippen LogP contribution in [-0.2, 0) is 0 Å². The van der Waals surface area contributed by atoms with Gasteiger partial charge in [-0.25, -0.2) is 10.2 Å². The second kappa shape index (κ2) is 4.38. The van der Waals surface area contributed by atoms with Gasteiger partial charge in [-0.05, 0) is 24.3 Å². The third kappa shape index (κ3) is 2.07. The molecule has 16 heavy (non-hydrogen) atoms. The third-order valence-electron chi connectivity index (χ3n) is 2.02. The first-order chi connectivity index (χ1) is 7.70. The maximum absolute atomic E-state index is 12.7. The van der Waals surface area contributed by atoms with Crippen molar-refractivity contribution < 1.29 is 14.2 Å². The topological polar surface area (TPSA) is 69.3 Å². The van der Waals surface area contributed by atoms with Crippen LogP contribution in [0.25, 0.3) is 10.6 Å². The number of amides is 1. The van der Waals surface area contributed by atoms with Gasteiger partial charge in [0.05, 0.1) is 10.9 Å². The van der Waals surface area contributed by atoms with E-state index in [0.717, 1.165) is 10.6 Å². The molecule has 82 valence electrons. The van der Waals surface area contributed by atoms with E-state index in [2.05, 4.69) is 4.98 Å². The van der Waals surface area contributed by atoms with E-state index < -0.39 is 0 Å². The maximum atomic E-state index is 12.7. The molecule has 0 aliphatic rings. The van der Waals surface area contributed by atoms with Gasteiger partial charge in [-0.2, -0.15) is 4.98 Å². The summed E-state index contributed by atoms with van der Waals surface area (Å²) in [6, 6.07) is 6.01. The number of hydrazine groups is 1. The van der Waals surface area contributed by atoms with Gasteiger partial charge in [-0.3, -0.25) is 10.2 Å².